The van der Waals surface area contributed by atoms with E-state index in [9.17, 15) is 43.5 Å². The van der Waals surface area contributed by atoms with Crippen LogP contribution >= 0.6 is 22.6 Å². The molecule has 0 spiro atoms. The molecule has 4 fully saturated rings. The Labute approximate surface area is 623 Å². The van der Waals surface area contributed by atoms with Crippen LogP contribution in [0.2, 0.25) is 0 Å². The number of carbonyl (C=O) groups is 8. The first-order valence-corrected chi connectivity index (χ1v) is 36.1. The average Bonchev–Trinajstić information content (AvgIpc) is 1.67. The lowest BCUT2D eigenvalue weighted by Crippen LogP contribution is -2.42. The average molecular weight is 1540 g/mol. The topological polar surface area (TPSA) is 300 Å². The Morgan fingerprint density at radius 1 is 0.647 bits per heavy atom. The molecular weight excluding hydrogens is 1420 g/mol. The monoisotopic (exact) mass is 1540 g/mol. The van der Waals surface area contributed by atoms with E-state index >= 15 is 0 Å². The van der Waals surface area contributed by atoms with Crippen LogP contribution in [0.15, 0.2) is 171 Å². The van der Waals surface area contributed by atoms with Crippen molar-refractivity contribution in [3.05, 3.63) is 182 Å². The molecule has 4 aliphatic rings. The molecule has 0 saturated carbocycles. The number of amides is 4. The zero-order valence-corrected chi connectivity index (χ0v) is 65.3. The minimum atomic E-state index is -1.02. The predicted octanol–water partition coefficient (Wildman–Crippen LogP) is 14.9. The highest BCUT2D eigenvalue weighted by Crippen LogP contribution is 2.23. The molecule has 0 aliphatic carbocycles. The summed E-state index contributed by atoms with van der Waals surface area (Å²) in [7, 11) is 0. The highest BCUT2D eigenvalue weighted by atomic mass is 127. The number of aliphatic hydroxyl groups excluding tert-OH is 2. The summed E-state index contributed by atoms with van der Waals surface area (Å²) in [6.45, 7) is 43.4. The minimum Gasteiger partial charge on any atom is -0.466 e. The smallest absolute Gasteiger partial charge is 0.416 e. The van der Waals surface area contributed by atoms with Crippen LogP contribution < -0.4 is 0 Å². The Balaban J connectivity index is -0.000000551. The number of ether oxygens (including phenoxy) is 7. The van der Waals surface area contributed by atoms with E-state index in [2.05, 4.69) is 80.1 Å². The maximum Gasteiger partial charge on any atom is 0.416 e. The lowest BCUT2D eigenvalue weighted by atomic mass is 9.98. The number of esters is 3. The SMILES string of the molecule is C=CC/C(C)=C\C(=O)OCC.C=CC/C(C)=C\CI.C=CC/C(C)=C\CO.C=CC/C(C)=C\C[C@H](C)C(=O)N1C(=O)OC[C@H]1Cc1ccccc1.C=CCC(C)(O)CC(=O)OCC.CC1CCCO1.CCC(=O)N1C(=O)OC[C@H]1Cc1ccccc1.CCOC(=O)CC(C)=O.O.OC1CCCO1. The number of aliphatic hydroxyl groups is 3. The normalized spacial score (nSPS) is 17.3. The third-order valence-corrected chi connectivity index (χ3v) is 14.6. The van der Waals surface area contributed by atoms with E-state index in [0.29, 0.717) is 64.6 Å². The Bertz CT molecular complexity index is 2800. The van der Waals surface area contributed by atoms with Crippen molar-refractivity contribution in [1.29, 1.82) is 0 Å². The molecule has 0 radical (unpaired) electrons. The zero-order chi connectivity index (χ0) is 77.0. The van der Waals surface area contributed by atoms with Gasteiger partial charge >= 0.3 is 30.1 Å². The second-order valence-corrected chi connectivity index (χ2v) is 24.8. The molecule has 2 aromatic carbocycles. The van der Waals surface area contributed by atoms with Crippen LogP contribution in [0.5, 0.6) is 0 Å². The van der Waals surface area contributed by atoms with Crippen molar-refractivity contribution in [2.45, 2.75) is 209 Å². The number of hydrogen-bond donors (Lipinski definition) is 3. The third-order valence-electron chi connectivity index (χ3n) is 14.2. The van der Waals surface area contributed by atoms with E-state index in [1.165, 1.54) is 52.4 Å². The van der Waals surface area contributed by atoms with Gasteiger partial charge in [-0.1, -0.05) is 168 Å². The zero-order valence-electron chi connectivity index (χ0n) is 63.1. The van der Waals surface area contributed by atoms with Gasteiger partial charge in [-0.3, -0.25) is 24.0 Å². The number of allylic oxidation sites excluding steroid dienone is 10. The van der Waals surface area contributed by atoms with E-state index in [1.54, 1.807) is 52.8 Å². The van der Waals surface area contributed by atoms with E-state index in [-0.39, 0.29) is 79.1 Å². The predicted molar refractivity (Wildman–Crippen MR) is 413 cm³/mol. The molecule has 0 bridgehead atoms. The summed E-state index contributed by atoms with van der Waals surface area (Å²) in [5, 5.41) is 26.4. The Morgan fingerprint density at radius 2 is 1.10 bits per heavy atom. The van der Waals surface area contributed by atoms with E-state index < -0.39 is 30.0 Å². The van der Waals surface area contributed by atoms with Gasteiger partial charge in [-0.25, -0.2) is 24.2 Å². The number of cyclic esters (lactones) is 2. The minimum absolute atomic E-state index is 0. The second kappa shape index (κ2) is 64.4. The van der Waals surface area contributed by atoms with E-state index in [0.717, 1.165) is 72.9 Å². The maximum atomic E-state index is 12.7. The van der Waals surface area contributed by atoms with Crippen LogP contribution in [0, 0.1) is 5.92 Å². The summed E-state index contributed by atoms with van der Waals surface area (Å²) in [5.74, 6) is -1.84. The van der Waals surface area contributed by atoms with E-state index in [1.807, 2.05) is 113 Å². The number of imide groups is 2. The summed E-state index contributed by atoms with van der Waals surface area (Å²) in [4.78, 5) is 92.7. The Morgan fingerprint density at radius 3 is 1.48 bits per heavy atom. The third kappa shape index (κ3) is 54.3. The van der Waals surface area contributed by atoms with Crippen molar-refractivity contribution >= 4 is 70.3 Å². The number of alkyl halides is 1. The number of nitrogens with zero attached hydrogens (tertiary/aromatic N) is 2. The number of rotatable bonds is 28. The summed E-state index contributed by atoms with van der Waals surface area (Å²) < 4.78 is 34.9. The fraction of sp³-hybridized carbons (Fsp3) is 0.525. The molecule has 5 N–H and O–H groups in total. The summed E-state index contributed by atoms with van der Waals surface area (Å²) in [5.41, 5.74) is 5.90. The molecule has 2 aromatic rings. The van der Waals surface area contributed by atoms with Crippen LogP contribution in [-0.2, 0) is 74.8 Å². The molecule has 21 nitrogen and oxygen atoms in total. The molecule has 574 valence electrons. The van der Waals surface area contributed by atoms with Gasteiger partial charge in [0, 0.05) is 42.5 Å². The first-order chi connectivity index (χ1) is 48.0. The number of carbonyl (C=O) groups excluding carboxylic acids is 8. The molecule has 4 amide bonds. The quantitative estimate of drug-likeness (QED) is 0.0136. The number of ketones is 1. The number of Topliss-reactive ketones (excluding diaryl/α,β-unsaturated/α-hetero) is 1. The molecule has 0 aromatic heterocycles. The van der Waals surface area contributed by atoms with Crippen molar-refractivity contribution in [3.8, 4) is 0 Å². The largest absolute Gasteiger partial charge is 0.466 e. The lowest BCUT2D eigenvalue weighted by Gasteiger charge is -2.22. The molecule has 4 heterocycles. The maximum absolute atomic E-state index is 12.7. The second-order valence-electron chi connectivity index (χ2n) is 24.0. The van der Waals surface area contributed by atoms with Gasteiger partial charge in [0.25, 0.3) is 0 Å². The molecule has 4 saturated heterocycles. The van der Waals surface area contributed by atoms with Crippen molar-refractivity contribution in [1.82, 2.24) is 9.80 Å². The number of hydrogen-bond acceptors (Lipinski definition) is 18. The van der Waals surface area contributed by atoms with Crippen molar-refractivity contribution in [2.24, 2.45) is 5.92 Å². The lowest BCUT2D eigenvalue weighted by molar-refractivity contribution is -0.148. The molecule has 3 unspecified atom stereocenters. The van der Waals surface area contributed by atoms with Crippen LogP contribution in [0.25, 0.3) is 0 Å². The summed E-state index contributed by atoms with van der Waals surface area (Å²) in [6, 6.07) is 19.2. The van der Waals surface area contributed by atoms with E-state index in [4.69, 9.17) is 38.6 Å². The van der Waals surface area contributed by atoms with Crippen molar-refractivity contribution < 1.29 is 92.3 Å². The van der Waals surface area contributed by atoms with Gasteiger partial charge in [-0.15, -0.1) is 32.9 Å². The van der Waals surface area contributed by atoms with Crippen LogP contribution in [-0.4, -0.2) is 166 Å². The summed E-state index contributed by atoms with van der Waals surface area (Å²) in [6.07, 6.45) is 25.8. The molecule has 22 heteroatoms. The van der Waals surface area contributed by atoms with Crippen LogP contribution in [0.3, 0.4) is 0 Å². The van der Waals surface area contributed by atoms with Crippen LogP contribution in [0.4, 0.5) is 9.59 Å². The standard InChI is InChI=1S/C20H25NO3.C13H15NO3.C9H16O3.C9H14O2.C7H11I.C7H12O.C6H10O3.C5H10O.C4H8O2.H2O/c1-4-8-15(2)11-12-16(3)19(22)21-18(14-24-20(21)23)13-17-9-6-5-7-10-17;1-2-12(15)14-11(9-17-13(14)16)8-10-6-4-3-5-7-10;1-4-6-9(3,11)7-8(10)12-5-2;1-4-6-8(3)7-9(10)11-5-2;2*1-3-4-7(2)5-6-8;1-3-9-6(8)4-5(2)7;1-5-3-2-4-6-5;5-4-2-1-3-6-4;/h4-7,9-11,16,18H,1,8,12-14H2,2-3H3;3-7,11H,2,8-9H2,1H3;4,11H,1,5-7H2,2-3H3;4,7H,1,5-6H2,2-3H3;3,5H,1,4,6H2,2H3;3,5,8H,1,4,6H2,2H3;3-4H2,1-2H3;5H,2-4H2,1H3;4-5H,1-3H2;1H2/b15-11-;;;8-7-;2*7-5-;;;;/t16-,18+;11-;;;;;;;;/m01......../s1. The van der Waals surface area contributed by atoms with Gasteiger partial charge in [0.1, 0.15) is 25.4 Å². The van der Waals surface area contributed by atoms with Gasteiger partial charge in [0.15, 0.2) is 6.29 Å². The van der Waals surface area contributed by atoms with Crippen LogP contribution in [0.1, 0.15) is 178 Å². The number of halogens is 1. The first-order valence-electron chi connectivity index (χ1n) is 34.6. The van der Waals surface area contributed by atoms with Gasteiger partial charge in [0.05, 0.1) is 56.6 Å². The summed E-state index contributed by atoms with van der Waals surface area (Å²) >= 11 is 2.33. The fourth-order valence-corrected chi connectivity index (χ4v) is 9.72. The molecule has 6 rings (SSSR count). The molecule has 4 aliphatic heterocycles. The van der Waals surface area contributed by atoms with Gasteiger partial charge in [-0.05, 0) is 151 Å². The highest BCUT2D eigenvalue weighted by Gasteiger charge is 2.40. The fourth-order valence-electron chi connectivity index (χ4n) is 8.97. The van der Waals surface area contributed by atoms with Gasteiger partial charge in [-0.2, -0.15) is 0 Å². The number of benzene rings is 2. The van der Waals surface area contributed by atoms with Gasteiger partial charge < -0.3 is 54.0 Å². The highest BCUT2D eigenvalue weighted by molar-refractivity contribution is 14.1. The Kier molecular flexibility index (Phi) is 63.7. The molecule has 6 atom stereocenters. The van der Waals surface area contributed by atoms with Gasteiger partial charge in [0.2, 0.25) is 11.8 Å². The molecule has 102 heavy (non-hydrogen) atoms. The first kappa shape index (κ1) is 101. The van der Waals surface area contributed by atoms with Crippen molar-refractivity contribution in [2.75, 3.05) is 57.3 Å². The molecular formula is C80H123IN2O19. The van der Waals surface area contributed by atoms with Crippen molar-refractivity contribution in [3.63, 3.8) is 0 Å². The Hall–Kier alpha value is -7.45.